The maximum absolute atomic E-state index is 9.60. The minimum Gasteiger partial charge on any atom is -0.395 e. The van der Waals surface area contributed by atoms with Crippen molar-refractivity contribution in [2.75, 3.05) is 13.7 Å². The van der Waals surface area contributed by atoms with Crippen LogP contribution in [0.15, 0.2) is 6.20 Å². The van der Waals surface area contributed by atoms with Crippen molar-refractivity contribution in [2.45, 2.75) is 58.5 Å². The maximum Gasteiger partial charge on any atom is 0.0959 e. The molecule has 1 aliphatic carbocycles. The van der Waals surface area contributed by atoms with Crippen molar-refractivity contribution < 1.29 is 5.11 Å². The number of nitrogens with zero attached hydrogens (tertiary/aromatic N) is 2. The molecule has 0 amide bonds. The number of hydrogen-bond acceptors (Lipinski definition) is 4. The lowest BCUT2D eigenvalue weighted by Gasteiger charge is -2.36. The van der Waals surface area contributed by atoms with Gasteiger partial charge in [0.2, 0.25) is 0 Å². The molecule has 4 heteroatoms. The first-order chi connectivity index (χ1) is 8.91. The quantitative estimate of drug-likeness (QED) is 0.900. The second kappa shape index (κ2) is 5.90. The molecule has 1 fully saturated rings. The fourth-order valence-electron chi connectivity index (χ4n) is 2.67. The number of aromatic nitrogens is 1. The summed E-state index contributed by atoms with van der Waals surface area (Å²) in [6.07, 6.45) is 6.00. The number of hydrogen-bond donors (Lipinski definition) is 1. The highest BCUT2D eigenvalue weighted by Crippen LogP contribution is 2.38. The van der Waals surface area contributed by atoms with Crippen LogP contribution in [0.5, 0.6) is 0 Å². The van der Waals surface area contributed by atoms with Crippen LogP contribution in [0.2, 0.25) is 0 Å². The van der Waals surface area contributed by atoms with Crippen molar-refractivity contribution >= 4 is 11.3 Å². The van der Waals surface area contributed by atoms with Crippen LogP contribution in [0.25, 0.3) is 0 Å². The lowest BCUT2D eigenvalue weighted by Crippen LogP contribution is -2.43. The Kier molecular flexibility index (Phi) is 4.64. The first-order valence-corrected chi connectivity index (χ1v) is 7.99. The molecule has 19 heavy (non-hydrogen) atoms. The van der Waals surface area contributed by atoms with E-state index in [2.05, 4.69) is 37.7 Å². The van der Waals surface area contributed by atoms with Gasteiger partial charge < -0.3 is 5.11 Å². The van der Waals surface area contributed by atoms with E-state index >= 15 is 0 Å². The molecule has 1 saturated carbocycles. The molecule has 1 N–H and O–H groups in total. The van der Waals surface area contributed by atoms with Crippen LogP contribution in [0.3, 0.4) is 0 Å². The average molecular weight is 282 g/mol. The minimum atomic E-state index is 0.0883. The van der Waals surface area contributed by atoms with Gasteiger partial charge >= 0.3 is 0 Å². The summed E-state index contributed by atoms with van der Waals surface area (Å²) in [6, 6.07) is 0.182. The summed E-state index contributed by atoms with van der Waals surface area (Å²) in [5.41, 5.74) is 0.0883. The number of aliphatic hydroxyl groups excluding tert-OH is 1. The fraction of sp³-hybridized carbons (Fsp3) is 0.800. The zero-order chi connectivity index (χ0) is 14.0. The van der Waals surface area contributed by atoms with Crippen LogP contribution in [-0.2, 0) is 6.54 Å². The molecule has 1 aliphatic rings. The summed E-state index contributed by atoms with van der Waals surface area (Å²) < 4.78 is 0. The number of likely N-dealkylation sites (N-methyl/N-ethyl adjacent to an activating group) is 1. The molecule has 1 aromatic heterocycles. The topological polar surface area (TPSA) is 36.4 Å². The summed E-state index contributed by atoms with van der Waals surface area (Å²) in [5.74, 6) is 0.723. The smallest absolute Gasteiger partial charge is 0.0959 e. The van der Waals surface area contributed by atoms with Gasteiger partial charge in [0.25, 0.3) is 0 Å². The SMILES string of the molecule is CN(Cc1cnc(C2CCC2)s1)C(CO)C(C)(C)C. The van der Waals surface area contributed by atoms with Gasteiger partial charge in [0.1, 0.15) is 0 Å². The van der Waals surface area contributed by atoms with Crippen LogP contribution in [0, 0.1) is 5.41 Å². The summed E-state index contributed by atoms with van der Waals surface area (Å²) in [6.45, 7) is 7.62. The van der Waals surface area contributed by atoms with Crippen LogP contribution >= 0.6 is 11.3 Å². The summed E-state index contributed by atoms with van der Waals surface area (Å²) in [7, 11) is 2.09. The first kappa shape index (κ1) is 14.9. The van der Waals surface area contributed by atoms with E-state index < -0.39 is 0 Å². The largest absolute Gasteiger partial charge is 0.395 e. The summed E-state index contributed by atoms with van der Waals surface area (Å²) in [5, 5.41) is 10.9. The van der Waals surface area contributed by atoms with Gasteiger partial charge in [-0.05, 0) is 25.3 Å². The zero-order valence-electron chi connectivity index (χ0n) is 12.5. The highest BCUT2D eigenvalue weighted by molar-refractivity contribution is 7.11. The number of rotatable bonds is 5. The molecule has 0 aromatic carbocycles. The molecule has 1 atom stereocenters. The predicted octanol–water partition coefficient (Wildman–Crippen LogP) is 3.25. The van der Waals surface area contributed by atoms with Gasteiger partial charge in [0.15, 0.2) is 0 Å². The third-order valence-corrected chi connectivity index (χ3v) is 5.28. The molecule has 1 aromatic rings. The van der Waals surface area contributed by atoms with E-state index in [1.807, 2.05) is 17.5 Å². The van der Waals surface area contributed by atoms with Crippen molar-refractivity contribution in [3.8, 4) is 0 Å². The van der Waals surface area contributed by atoms with Gasteiger partial charge in [0, 0.05) is 29.6 Å². The standard InChI is InChI=1S/C15H26N2OS/c1-15(2,3)13(10-18)17(4)9-12-8-16-14(19-12)11-6-5-7-11/h8,11,13,18H,5-7,9-10H2,1-4H3. The molecule has 3 nitrogen and oxygen atoms in total. The zero-order valence-corrected chi connectivity index (χ0v) is 13.3. The fourth-order valence-corrected chi connectivity index (χ4v) is 3.82. The molecule has 0 saturated heterocycles. The van der Waals surface area contributed by atoms with Crippen LogP contribution in [0.4, 0.5) is 0 Å². The molecule has 2 rings (SSSR count). The van der Waals surface area contributed by atoms with Crippen molar-refractivity contribution in [1.29, 1.82) is 0 Å². The molecule has 1 unspecified atom stereocenters. The Bertz CT molecular complexity index is 407. The Morgan fingerprint density at radius 1 is 1.47 bits per heavy atom. The number of aliphatic hydroxyl groups is 1. The third kappa shape index (κ3) is 3.56. The monoisotopic (exact) mass is 282 g/mol. The Morgan fingerprint density at radius 2 is 2.16 bits per heavy atom. The van der Waals surface area contributed by atoms with Crippen molar-refractivity contribution in [3.63, 3.8) is 0 Å². The average Bonchev–Trinajstić information content (AvgIpc) is 2.62. The van der Waals surface area contributed by atoms with E-state index in [-0.39, 0.29) is 18.1 Å². The molecule has 0 spiro atoms. The highest BCUT2D eigenvalue weighted by Gasteiger charge is 2.28. The van der Waals surface area contributed by atoms with Gasteiger partial charge in [0.05, 0.1) is 11.6 Å². The lowest BCUT2D eigenvalue weighted by atomic mass is 9.86. The Hall–Kier alpha value is -0.450. The maximum atomic E-state index is 9.60. The van der Waals surface area contributed by atoms with E-state index in [0.717, 1.165) is 12.5 Å². The van der Waals surface area contributed by atoms with Crippen LogP contribution < -0.4 is 0 Å². The molecular formula is C15H26N2OS. The first-order valence-electron chi connectivity index (χ1n) is 7.17. The predicted molar refractivity (Wildman–Crippen MR) is 80.5 cm³/mol. The van der Waals surface area contributed by atoms with E-state index in [4.69, 9.17) is 0 Å². The molecule has 0 bridgehead atoms. The number of thiazole rings is 1. The van der Waals surface area contributed by atoms with E-state index in [9.17, 15) is 5.11 Å². The second-order valence-electron chi connectivity index (χ2n) is 6.77. The van der Waals surface area contributed by atoms with Crippen molar-refractivity contribution in [1.82, 2.24) is 9.88 Å². The third-order valence-electron chi connectivity index (χ3n) is 4.14. The van der Waals surface area contributed by atoms with Crippen molar-refractivity contribution in [3.05, 3.63) is 16.1 Å². The van der Waals surface area contributed by atoms with E-state index in [1.165, 1.54) is 29.1 Å². The van der Waals surface area contributed by atoms with Gasteiger partial charge in [-0.3, -0.25) is 4.90 Å². The molecule has 1 heterocycles. The minimum absolute atomic E-state index is 0.0883. The Labute approximate surface area is 120 Å². The molecular weight excluding hydrogens is 256 g/mol. The normalized spacial score (nSPS) is 18.6. The Morgan fingerprint density at radius 3 is 2.63 bits per heavy atom. The van der Waals surface area contributed by atoms with E-state index in [1.54, 1.807) is 0 Å². The van der Waals surface area contributed by atoms with Gasteiger partial charge in [-0.1, -0.05) is 27.2 Å². The summed E-state index contributed by atoms with van der Waals surface area (Å²) in [4.78, 5) is 8.13. The van der Waals surface area contributed by atoms with E-state index in [0.29, 0.717) is 0 Å². The lowest BCUT2D eigenvalue weighted by molar-refractivity contribution is 0.0620. The van der Waals surface area contributed by atoms with Gasteiger partial charge in [-0.2, -0.15) is 0 Å². The molecule has 0 radical (unpaired) electrons. The van der Waals surface area contributed by atoms with Gasteiger partial charge in [-0.15, -0.1) is 11.3 Å². The van der Waals surface area contributed by atoms with Crippen LogP contribution in [-0.4, -0.2) is 34.7 Å². The molecule has 108 valence electrons. The Balaban J connectivity index is 1.97. The van der Waals surface area contributed by atoms with Crippen LogP contribution in [0.1, 0.15) is 55.8 Å². The second-order valence-corrected chi connectivity index (χ2v) is 7.92. The highest BCUT2D eigenvalue weighted by atomic mass is 32.1. The van der Waals surface area contributed by atoms with Crippen molar-refractivity contribution in [2.24, 2.45) is 5.41 Å². The summed E-state index contributed by atoms with van der Waals surface area (Å²) >= 11 is 1.85. The van der Waals surface area contributed by atoms with Gasteiger partial charge in [-0.25, -0.2) is 4.98 Å². The molecule has 0 aliphatic heterocycles.